The van der Waals surface area contributed by atoms with Crippen LogP contribution in [0.15, 0.2) is 41.2 Å². The predicted molar refractivity (Wildman–Crippen MR) is 118 cm³/mol. The lowest BCUT2D eigenvalue weighted by molar-refractivity contribution is 0.103. The minimum absolute atomic E-state index is 0.270. The Morgan fingerprint density at radius 1 is 1.07 bits per heavy atom. The predicted octanol–water partition coefficient (Wildman–Crippen LogP) is 3.85. The van der Waals surface area contributed by atoms with Crippen LogP contribution >= 0.6 is 23.6 Å². The summed E-state index contributed by atoms with van der Waals surface area (Å²) in [7, 11) is 4.58. The number of hydrogen-bond donors (Lipinski definition) is 2. The molecule has 0 aliphatic heterocycles. The molecule has 0 atom stereocenters. The first kappa shape index (κ1) is 19.9. The molecule has 0 bridgehead atoms. The second-order valence-corrected chi connectivity index (χ2v) is 7.88. The van der Waals surface area contributed by atoms with E-state index in [1.807, 2.05) is 0 Å². The van der Waals surface area contributed by atoms with Crippen molar-refractivity contribution in [3.05, 3.63) is 55.6 Å². The minimum Gasteiger partial charge on any atom is -0.497 e. The highest BCUT2D eigenvalue weighted by Crippen LogP contribution is 2.31. The normalized spacial score (nSPS) is 10.9. The summed E-state index contributed by atoms with van der Waals surface area (Å²) >= 11 is 6.59. The summed E-state index contributed by atoms with van der Waals surface area (Å²) < 4.78 is 17.9. The Labute approximate surface area is 179 Å². The zero-order valence-electron chi connectivity index (χ0n) is 16.3. The van der Waals surface area contributed by atoms with Gasteiger partial charge in [0, 0.05) is 12.1 Å². The number of hydrogen-bond acceptors (Lipinski definition) is 7. The summed E-state index contributed by atoms with van der Waals surface area (Å²) in [6, 6.07) is 10.1. The molecule has 0 fully saturated rings. The number of carbonyl (C=O) groups excluding carboxylic acids is 1. The summed E-state index contributed by atoms with van der Waals surface area (Å²) in [4.78, 5) is 28.7. The number of nitrogens with zero attached hydrogens (tertiary/aromatic N) is 1. The molecule has 8 nitrogen and oxygen atoms in total. The minimum atomic E-state index is -0.432. The van der Waals surface area contributed by atoms with Crippen LogP contribution in [0.2, 0.25) is 0 Å². The maximum absolute atomic E-state index is 13.1. The van der Waals surface area contributed by atoms with E-state index in [0.717, 1.165) is 11.3 Å². The lowest BCUT2D eigenvalue weighted by atomic mass is 10.2. The van der Waals surface area contributed by atoms with Crippen LogP contribution in [0.3, 0.4) is 0 Å². The maximum atomic E-state index is 13.1. The van der Waals surface area contributed by atoms with E-state index in [4.69, 9.17) is 26.4 Å². The van der Waals surface area contributed by atoms with Crippen molar-refractivity contribution >= 4 is 51.7 Å². The van der Waals surface area contributed by atoms with Crippen LogP contribution in [0.25, 0.3) is 16.6 Å². The number of aromatic amines is 1. The summed E-state index contributed by atoms with van der Waals surface area (Å²) in [6.45, 7) is 0. The van der Waals surface area contributed by atoms with Gasteiger partial charge >= 0.3 is 0 Å². The molecule has 0 saturated heterocycles. The molecule has 30 heavy (non-hydrogen) atoms. The van der Waals surface area contributed by atoms with Crippen molar-refractivity contribution in [2.24, 2.45) is 0 Å². The van der Waals surface area contributed by atoms with E-state index in [0.29, 0.717) is 43.4 Å². The van der Waals surface area contributed by atoms with Crippen molar-refractivity contribution in [1.82, 2.24) is 9.38 Å². The Morgan fingerprint density at radius 3 is 2.47 bits per heavy atom. The van der Waals surface area contributed by atoms with Gasteiger partial charge in [-0.25, -0.2) is 0 Å². The van der Waals surface area contributed by atoms with Gasteiger partial charge < -0.3 is 24.5 Å². The number of nitrogens with one attached hydrogen (secondary N) is 2. The number of anilines is 1. The maximum Gasteiger partial charge on any atom is 0.269 e. The van der Waals surface area contributed by atoms with E-state index in [1.54, 1.807) is 47.9 Å². The topological polar surface area (TPSA) is 94.1 Å². The van der Waals surface area contributed by atoms with Gasteiger partial charge in [0.1, 0.15) is 27.8 Å². The number of fused-ring (bicyclic) bond motifs is 3. The highest BCUT2D eigenvalue weighted by molar-refractivity contribution is 7.73. The van der Waals surface area contributed by atoms with Crippen LogP contribution in [0.4, 0.5) is 5.69 Å². The standard InChI is InChI=1S/C20H17N3O5S2/c1-26-10-5-7-15(28-3)13(8-10)21-19(25)16-17-22-18(24)12-6-4-11(27-2)9-14(12)23(17)20(29)30-16/h4-9H,1-3H3,(H,21,25)(H,22,24). The van der Waals surface area contributed by atoms with Crippen LogP contribution in [-0.2, 0) is 0 Å². The molecule has 2 aromatic carbocycles. The third kappa shape index (κ3) is 3.29. The van der Waals surface area contributed by atoms with Crippen LogP contribution in [0.1, 0.15) is 9.67 Å². The molecule has 4 rings (SSSR count). The second kappa shape index (κ2) is 7.81. The van der Waals surface area contributed by atoms with Gasteiger partial charge in [-0.1, -0.05) is 11.3 Å². The van der Waals surface area contributed by atoms with Crippen molar-refractivity contribution < 1.29 is 19.0 Å². The Bertz CT molecular complexity index is 1400. The van der Waals surface area contributed by atoms with Gasteiger partial charge in [0.2, 0.25) is 0 Å². The summed E-state index contributed by atoms with van der Waals surface area (Å²) in [5, 5.41) is 3.25. The zero-order chi connectivity index (χ0) is 21.4. The molecule has 1 amide bonds. The molecule has 2 aromatic heterocycles. The van der Waals surface area contributed by atoms with E-state index in [-0.39, 0.29) is 10.4 Å². The molecule has 154 valence electrons. The first-order valence-electron chi connectivity index (χ1n) is 8.75. The Balaban J connectivity index is 1.87. The fourth-order valence-electron chi connectivity index (χ4n) is 3.14. The molecule has 2 heterocycles. The van der Waals surface area contributed by atoms with Gasteiger partial charge in [0.05, 0.1) is 37.9 Å². The fraction of sp³-hybridized carbons (Fsp3) is 0.150. The van der Waals surface area contributed by atoms with Gasteiger partial charge in [-0.3, -0.25) is 14.0 Å². The highest BCUT2D eigenvalue weighted by atomic mass is 32.1. The SMILES string of the molecule is COc1ccc(OC)c(NC(=O)c2sc(=S)n3c2[nH]c(=O)c2ccc(OC)cc23)c1. The number of aromatic nitrogens is 2. The average Bonchev–Trinajstić information content (AvgIpc) is 3.09. The van der Waals surface area contributed by atoms with Crippen molar-refractivity contribution in [2.45, 2.75) is 0 Å². The molecule has 0 aliphatic rings. The van der Waals surface area contributed by atoms with E-state index in [1.165, 1.54) is 14.2 Å². The van der Waals surface area contributed by atoms with Gasteiger partial charge in [0.25, 0.3) is 11.5 Å². The third-order valence-corrected chi connectivity index (χ3v) is 5.97. The van der Waals surface area contributed by atoms with Gasteiger partial charge in [0.15, 0.2) is 3.95 Å². The highest BCUT2D eigenvalue weighted by Gasteiger charge is 2.20. The molecule has 0 saturated carbocycles. The summed E-state index contributed by atoms with van der Waals surface area (Å²) in [6.07, 6.45) is 0. The van der Waals surface area contributed by atoms with Crippen LogP contribution in [-0.4, -0.2) is 36.6 Å². The van der Waals surface area contributed by atoms with Crippen LogP contribution in [0.5, 0.6) is 17.2 Å². The van der Waals surface area contributed by atoms with Crippen molar-refractivity contribution in [3.63, 3.8) is 0 Å². The number of rotatable bonds is 5. The Hall–Kier alpha value is -3.37. The van der Waals surface area contributed by atoms with E-state index < -0.39 is 5.91 Å². The molecular formula is C20H17N3O5S2. The van der Waals surface area contributed by atoms with Crippen molar-refractivity contribution in [3.8, 4) is 17.2 Å². The lowest BCUT2D eigenvalue weighted by Gasteiger charge is -2.11. The quantitative estimate of drug-likeness (QED) is 0.455. The molecule has 0 spiro atoms. The third-order valence-electron chi connectivity index (χ3n) is 4.59. The molecule has 0 radical (unpaired) electrons. The molecular weight excluding hydrogens is 426 g/mol. The van der Waals surface area contributed by atoms with Crippen molar-refractivity contribution in [2.75, 3.05) is 26.6 Å². The number of methoxy groups -OCH3 is 3. The number of carbonyl (C=O) groups is 1. The smallest absolute Gasteiger partial charge is 0.269 e. The Kier molecular flexibility index (Phi) is 5.18. The number of benzene rings is 2. The molecule has 2 N–H and O–H groups in total. The average molecular weight is 444 g/mol. The summed E-state index contributed by atoms with van der Waals surface area (Å²) in [5.41, 5.74) is 0.986. The van der Waals surface area contributed by atoms with Crippen LogP contribution in [0, 0.1) is 3.95 Å². The zero-order valence-corrected chi connectivity index (χ0v) is 17.9. The molecule has 0 aliphatic carbocycles. The first-order valence-corrected chi connectivity index (χ1v) is 9.98. The fourth-order valence-corrected chi connectivity index (χ4v) is 4.42. The number of thiazole rings is 1. The number of amides is 1. The monoisotopic (exact) mass is 443 g/mol. The van der Waals surface area contributed by atoms with E-state index in [9.17, 15) is 9.59 Å². The van der Waals surface area contributed by atoms with Gasteiger partial charge in [-0.2, -0.15) is 0 Å². The number of ether oxygens (including phenoxy) is 3. The molecule has 0 unspecified atom stereocenters. The van der Waals surface area contributed by atoms with E-state index in [2.05, 4.69) is 10.3 Å². The van der Waals surface area contributed by atoms with Gasteiger partial charge in [-0.05, 0) is 36.5 Å². The Morgan fingerprint density at radius 2 is 1.77 bits per heavy atom. The van der Waals surface area contributed by atoms with E-state index >= 15 is 0 Å². The van der Waals surface area contributed by atoms with Crippen LogP contribution < -0.4 is 25.1 Å². The molecule has 4 aromatic rings. The number of H-pyrrole nitrogens is 1. The van der Waals surface area contributed by atoms with Gasteiger partial charge in [-0.15, -0.1) is 0 Å². The summed E-state index contributed by atoms with van der Waals surface area (Å²) in [5.74, 6) is 1.18. The first-order chi connectivity index (χ1) is 14.5. The largest absolute Gasteiger partial charge is 0.497 e. The molecule has 10 heteroatoms. The van der Waals surface area contributed by atoms with Crippen molar-refractivity contribution in [1.29, 1.82) is 0 Å². The lowest BCUT2D eigenvalue weighted by Crippen LogP contribution is -2.15. The second-order valence-electron chi connectivity index (χ2n) is 6.24.